The lowest BCUT2D eigenvalue weighted by atomic mass is 10.2. The van der Waals surface area contributed by atoms with E-state index in [1.54, 1.807) is 0 Å². The summed E-state index contributed by atoms with van der Waals surface area (Å²) in [4.78, 5) is 0. The highest BCUT2D eigenvalue weighted by Crippen LogP contribution is 2.17. The highest BCUT2D eigenvalue weighted by Gasteiger charge is 2.05. The first-order chi connectivity index (χ1) is 8.77. The lowest BCUT2D eigenvalue weighted by Crippen LogP contribution is -2.30. The Kier molecular flexibility index (Phi) is 6.93. The molecule has 0 aliphatic carbocycles. The van der Waals surface area contributed by atoms with E-state index < -0.39 is 0 Å². The number of terminal acetylenes is 1. The van der Waals surface area contributed by atoms with Gasteiger partial charge in [0.15, 0.2) is 0 Å². The smallest absolute Gasteiger partial charge is 0.148 e. The summed E-state index contributed by atoms with van der Waals surface area (Å²) < 4.78 is 10.9. The molecular weight excluding hydrogens is 226 g/mol. The van der Waals surface area contributed by atoms with Gasteiger partial charge < -0.3 is 14.8 Å². The zero-order valence-electron chi connectivity index (χ0n) is 11.1. The van der Waals surface area contributed by atoms with Gasteiger partial charge >= 0.3 is 0 Å². The van der Waals surface area contributed by atoms with Gasteiger partial charge in [0.05, 0.1) is 6.61 Å². The molecule has 0 aliphatic rings. The Bertz CT molecular complexity index is 384. The minimum atomic E-state index is 0.297. The third kappa shape index (κ3) is 5.22. The summed E-state index contributed by atoms with van der Waals surface area (Å²) in [6, 6.07) is 8.21. The zero-order chi connectivity index (χ0) is 13.2. The van der Waals surface area contributed by atoms with Crippen LogP contribution in [0.3, 0.4) is 0 Å². The van der Waals surface area contributed by atoms with E-state index in [9.17, 15) is 0 Å². The monoisotopic (exact) mass is 247 g/mol. The molecule has 0 heterocycles. The number of rotatable bonds is 8. The normalized spacial score (nSPS) is 11.8. The van der Waals surface area contributed by atoms with Crippen molar-refractivity contribution in [3.8, 4) is 18.1 Å². The van der Waals surface area contributed by atoms with Crippen LogP contribution in [0.2, 0.25) is 0 Å². The molecule has 1 aromatic rings. The van der Waals surface area contributed by atoms with Crippen LogP contribution < -0.4 is 10.1 Å². The maximum absolute atomic E-state index is 5.49. The summed E-state index contributed by atoms with van der Waals surface area (Å²) in [5.74, 6) is 3.31. The van der Waals surface area contributed by atoms with Gasteiger partial charge in [0.1, 0.15) is 12.4 Å². The van der Waals surface area contributed by atoms with Crippen LogP contribution in [0.5, 0.6) is 5.75 Å². The Hall–Kier alpha value is -1.50. The summed E-state index contributed by atoms with van der Waals surface area (Å²) in [7, 11) is 0. The van der Waals surface area contributed by atoms with E-state index in [1.165, 1.54) is 0 Å². The Morgan fingerprint density at radius 3 is 2.89 bits per heavy atom. The fraction of sp³-hybridized carbons (Fsp3) is 0.467. The average molecular weight is 247 g/mol. The topological polar surface area (TPSA) is 30.5 Å². The van der Waals surface area contributed by atoms with E-state index in [0.717, 1.165) is 24.5 Å². The first kappa shape index (κ1) is 14.6. The minimum Gasteiger partial charge on any atom is -0.481 e. The molecule has 0 spiro atoms. The second kappa shape index (κ2) is 8.57. The van der Waals surface area contributed by atoms with Crippen molar-refractivity contribution in [2.24, 2.45) is 0 Å². The van der Waals surface area contributed by atoms with Crippen LogP contribution in [-0.4, -0.2) is 25.9 Å². The minimum absolute atomic E-state index is 0.297. The summed E-state index contributed by atoms with van der Waals surface area (Å²) in [5.41, 5.74) is 1.11. The molecule has 0 fully saturated rings. The van der Waals surface area contributed by atoms with E-state index in [-0.39, 0.29) is 0 Å². The van der Waals surface area contributed by atoms with Crippen LogP contribution in [0.15, 0.2) is 24.3 Å². The molecule has 0 aromatic heterocycles. The molecule has 1 aromatic carbocycles. The Morgan fingerprint density at radius 1 is 1.39 bits per heavy atom. The second-order valence-corrected chi connectivity index (χ2v) is 4.04. The quantitative estimate of drug-likeness (QED) is 0.714. The summed E-state index contributed by atoms with van der Waals surface area (Å²) in [5, 5.41) is 3.39. The molecule has 0 saturated heterocycles. The number of nitrogens with one attached hydrogen (secondary N) is 1. The molecule has 0 radical (unpaired) electrons. The van der Waals surface area contributed by atoms with Gasteiger partial charge in [-0.1, -0.05) is 24.1 Å². The first-order valence-electron chi connectivity index (χ1n) is 6.23. The van der Waals surface area contributed by atoms with Crippen LogP contribution in [-0.2, 0) is 11.3 Å². The molecule has 18 heavy (non-hydrogen) atoms. The largest absolute Gasteiger partial charge is 0.481 e. The van der Waals surface area contributed by atoms with Gasteiger partial charge in [-0.05, 0) is 19.9 Å². The molecule has 0 amide bonds. The van der Waals surface area contributed by atoms with E-state index in [0.29, 0.717) is 19.3 Å². The summed E-state index contributed by atoms with van der Waals surface area (Å²) >= 11 is 0. The van der Waals surface area contributed by atoms with Gasteiger partial charge in [0.2, 0.25) is 0 Å². The first-order valence-corrected chi connectivity index (χ1v) is 6.23. The van der Waals surface area contributed by atoms with Crippen LogP contribution in [0, 0.1) is 12.3 Å². The fourth-order valence-corrected chi connectivity index (χ4v) is 1.55. The molecule has 0 aliphatic heterocycles. The molecule has 98 valence electrons. The molecule has 1 unspecified atom stereocenters. The Morgan fingerprint density at radius 2 is 2.17 bits per heavy atom. The second-order valence-electron chi connectivity index (χ2n) is 4.04. The predicted molar refractivity (Wildman–Crippen MR) is 73.6 cm³/mol. The molecule has 3 heteroatoms. The standard InChI is InChI=1S/C15H21NO2/c1-4-10-18-15-9-7-6-8-14(15)11-16-13(3)12-17-5-2/h1,6-9,13,16H,5,10-12H2,2-3H3. The van der Waals surface area contributed by atoms with Crippen molar-refractivity contribution in [1.29, 1.82) is 0 Å². The van der Waals surface area contributed by atoms with Crippen LogP contribution in [0.1, 0.15) is 19.4 Å². The molecule has 3 nitrogen and oxygen atoms in total. The van der Waals surface area contributed by atoms with E-state index in [1.807, 2.05) is 31.2 Å². The van der Waals surface area contributed by atoms with Crippen molar-refractivity contribution < 1.29 is 9.47 Å². The lowest BCUT2D eigenvalue weighted by Gasteiger charge is -2.15. The zero-order valence-corrected chi connectivity index (χ0v) is 11.1. The predicted octanol–water partition coefficient (Wildman–Crippen LogP) is 2.21. The number of ether oxygens (including phenoxy) is 2. The fourth-order valence-electron chi connectivity index (χ4n) is 1.55. The summed E-state index contributed by atoms with van der Waals surface area (Å²) in [6.07, 6.45) is 5.20. The third-order valence-electron chi connectivity index (χ3n) is 2.50. The van der Waals surface area contributed by atoms with Gasteiger partial charge in [-0.25, -0.2) is 0 Å². The number of hydrogen-bond donors (Lipinski definition) is 1. The number of benzene rings is 1. The van der Waals surface area contributed by atoms with E-state index >= 15 is 0 Å². The SMILES string of the molecule is C#CCOc1ccccc1CNC(C)COCC. The van der Waals surface area contributed by atoms with Crippen molar-refractivity contribution in [1.82, 2.24) is 5.32 Å². The van der Waals surface area contributed by atoms with Crippen molar-refractivity contribution in [3.63, 3.8) is 0 Å². The van der Waals surface area contributed by atoms with Crippen molar-refractivity contribution >= 4 is 0 Å². The van der Waals surface area contributed by atoms with Gasteiger partial charge in [-0.15, -0.1) is 6.42 Å². The average Bonchev–Trinajstić information content (AvgIpc) is 2.41. The van der Waals surface area contributed by atoms with Gasteiger partial charge in [0, 0.05) is 24.8 Å². The molecule has 0 bridgehead atoms. The van der Waals surface area contributed by atoms with Crippen LogP contribution in [0.25, 0.3) is 0 Å². The maximum Gasteiger partial charge on any atom is 0.148 e. The Balaban J connectivity index is 2.48. The molecular formula is C15H21NO2. The number of para-hydroxylation sites is 1. The molecule has 0 saturated carbocycles. The maximum atomic E-state index is 5.49. The Labute approximate surface area is 109 Å². The van der Waals surface area contributed by atoms with Gasteiger partial charge in [0.25, 0.3) is 0 Å². The van der Waals surface area contributed by atoms with Crippen LogP contribution in [0.4, 0.5) is 0 Å². The molecule has 1 N–H and O–H groups in total. The van der Waals surface area contributed by atoms with Crippen molar-refractivity contribution in [2.45, 2.75) is 26.4 Å². The van der Waals surface area contributed by atoms with Gasteiger partial charge in [-0.3, -0.25) is 0 Å². The highest BCUT2D eigenvalue weighted by atomic mass is 16.5. The van der Waals surface area contributed by atoms with Crippen LogP contribution >= 0.6 is 0 Å². The molecule has 1 atom stereocenters. The third-order valence-corrected chi connectivity index (χ3v) is 2.50. The number of hydrogen-bond acceptors (Lipinski definition) is 3. The van der Waals surface area contributed by atoms with E-state index in [2.05, 4.69) is 18.2 Å². The lowest BCUT2D eigenvalue weighted by molar-refractivity contribution is 0.127. The summed E-state index contributed by atoms with van der Waals surface area (Å²) in [6.45, 7) is 6.59. The van der Waals surface area contributed by atoms with Gasteiger partial charge in [-0.2, -0.15) is 0 Å². The molecule has 1 rings (SSSR count). The van der Waals surface area contributed by atoms with Crippen molar-refractivity contribution in [3.05, 3.63) is 29.8 Å². The van der Waals surface area contributed by atoms with E-state index in [4.69, 9.17) is 15.9 Å². The highest BCUT2D eigenvalue weighted by molar-refractivity contribution is 5.33. The van der Waals surface area contributed by atoms with Crippen molar-refractivity contribution in [2.75, 3.05) is 19.8 Å².